The van der Waals surface area contributed by atoms with Crippen molar-refractivity contribution in [3.8, 4) is 5.88 Å². The Labute approximate surface area is 114 Å². The van der Waals surface area contributed by atoms with Crippen LogP contribution in [-0.4, -0.2) is 43.9 Å². The number of nitrogens with two attached hydrogens (primary N) is 1. The third kappa shape index (κ3) is 4.08. The summed E-state index contributed by atoms with van der Waals surface area (Å²) in [5, 5.41) is 0. The van der Waals surface area contributed by atoms with Crippen LogP contribution in [0.4, 0.5) is 5.82 Å². The van der Waals surface area contributed by atoms with Gasteiger partial charge in [-0.25, -0.2) is 0 Å². The molecule has 0 aromatic carbocycles. The highest BCUT2D eigenvalue weighted by Gasteiger charge is 2.20. The molecule has 0 bridgehead atoms. The number of piperidine rings is 1. The van der Waals surface area contributed by atoms with Gasteiger partial charge in [-0.3, -0.25) is 0 Å². The first-order chi connectivity index (χ1) is 9.33. The van der Waals surface area contributed by atoms with Gasteiger partial charge in [0.25, 0.3) is 0 Å². The van der Waals surface area contributed by atoms with Gasteiger partial charge in [-0.2, -0.15) is 4.98 Å². The molecule has 0 aliphatic carbocycles. The number of anilines is 1. The van der Waals surface area contributed by atoms with E-state index >= 15 is 0 Å². The van der Waals surface area contributed by atoms with Crippen molar-refractivity contribution in [3.05, 3.63) is 18.2 Å². The number of hydrogen-bond acceptors (Lipinski definition) is 5. The highest BCUT2D eigenvalue weighted by molar-refractivity contribution is 5.41. The van der Waals surface area contributed by atoms with Crippen molar-refractivity contribution in [2.45, 2.75) is 25.9 Å². The molecule has 0 unspecified atom stereocenters. The number of aromatic nitrogens is 1. The molecule has 106 valence electrons. The molecule has 0 atom stereocenters. The van der Waals surface area contributed by atoms with Gasteiger partial charge in [-0.15, -0.1) is 0 Å². The maximum absolute atomic E-state index is 5.68. The van der Waals surface area contributed by atoms with E-state index < -0.39 is 0 Å². The van der Waals surface area contributed by atoms with E-state index in [1.807, 2.05) is 25.1 Å². The zero-order chi connectivity index (χ0) is 13.5. The number of rotatable bonds is 6. The average Bonchev–Trinajstić information content (AvgIpc) is 2.46. The SMILES string of the molecule is CCOc1cccc(N2CCC(OCCN)CC2)n1. The fourth-order valence-corrected chi connectivity index (χ4v) is 2.29. The first kappa shape index (κ1) is 14.1. The van der Waals surface area contributed by atoms with Gasteiger partial charge in [-0.05, 0) is 25.8 Å². The fourth-order valence-electron chi connectivity index (χ4n) is 2.29. The summed E-state index contributed by atoms with van der Waals surface area (Å²) in [7, 11) is 0. The first-order valence-corrected chi connectivity index (χ1v) is 7.00. The van der Waals surface area contributed by atoms with Crippen LogP contribution in [0.2, 0.25) is 0 Å². The molecule has 1 aromatic rings. The van der Waals surface area contributed by atoms with E-state index in [2.05, 4.69) is 9.88 Å². The van der Waals surface area contributed by atoms with Crippen LogP contribution in [-0.2, 0) is 4.74 Å². The number of hydrogen-bond donors (Lipinski definition) is 1. The maximum atomic E-state index is 5.68. The average molecular weight is 265 g/mol. The van der Waals surface area contributed by atoms with Crippen LogP contribution in [0, 0.1) is 0 Å². The predicted octanol–water partition coefficient (Wildman–Crippen LogP) is 1.42. The van der Waals surface area contributed by atoms with Crippen LogP contribution < -0.4 is 15.4 Å². The molecule has 0 amide bonds. The topological polar surface area (TPSA) is 60.6 Å². The van der Waals surface area contributed by atoms with E-state index in [0.29, 0.717) is 31.7 Å². The van der Waals surface area contributed by atoms with E-state index in [9.17, 15) is 0 Å². The van der Waals surface area contributed by atoms with Crippen molar-refractivity contribution < 1.29 is 9.47 Å². The summed E-state index contributed by atoms with van der Waals surface area (Å²) >= 11 is 0. The van der Waals surface area contributed by atoms with Crippen molar-refractivity contribution in [2.75, 3.05) is 37.7 Å². The molecular weight excluding hydrogens is 242 g/mol. The van der Waals surface area contributed by atoms with Crippen LogP contribution in [0.25, 0.3) is 0 Å². The van der Waals surface area contributed by atoms with Crippen molar-refractivity contribution in [3.63, 3.8) is 0 Å². The van der Waals surface area contributed by atoms with Gasteiger partial charge in [0, 0.05) is 25.7 Å². The molecule has 1 aliphatic rings. The number of ether oxygens (including phenoxy) is 2. The fraction of sp³-hybridized carbons (Fsp3) is 0.643. The van der Waals surface area contributed by atoms with Crippen molar-refractivity contribution in [1.82, 2.24) is 4.98 Å². The van der Waals surface area contributed by atoms with Crippen molar-refractivity contribution in [1.29, 1.82) is 0 Å². The third-order valence-electron chi connectivity index (χ3n) is 3.24. The normalized spacial score (nSPS) is 16.6. The van der Waals surface area contributed by atoms with E-state index in [0.717, 1.165) is 31.7 Å². The molecule has 0 radical (unpaired) electrons. The molecule has 2 rings (SSSR count). The first-order valence-electron chi connectivity index (χ1n) is 7.00. The minimum atomic E-state index is 0.342. The number of nitrogens with zero attached hydrogens (tertiary/aromatic N) is 2. The second-order valence-corrected chi connectivity index (χ2v) is 4.61. The minimum absolute atomic E-state index is 0.342. The van der Waals surface area contributed by atoms with Gasteiger partial charge in [-0.1, -0.05) is 6.07 Å². The largest absolute Gasteiger partial charge is 0.478 e. The molecule has 1 fully saturated rings. The second-order valence-electron chi connectivity index (χ2n) is 4.61. The summed E-state index contributed by atoms with van der Waals surface area (Å²) in [5.74, 6) is 1.68. The van der Waals surface area contributed by atoms with E-state index in [4.69, 9.17) is 15.2 Å². The predicted molar refractivity (Wildman–Crippen MR) is 75.6 cm³/mol. The Kier molecular flexibility index (Phi) is 5.42. The maximum Gasteiger partial charge on any atom is 0.215 e. The molecule has 5 heteroatoms. The molecule has 5 nitrogen and oxygen atoms in total. The summed E-state index contributed by atoms with van der Waals surface area (Å²) in [5.41, 5.74) is 5.45. The number of pyridine rings is 1. The quantitative estimate of drug-likeness (QED) is 0.843. The Morgan fingerprint density at radius 3 is 2.84 bits per heavy atom. The Bertz CT molecular complexity index is 379. The highest BCUT2D eigenvalue weighted by atomic mass is 16.5. The molecule has 0 saturated carbocycles. The lowest BCUT2D eigenvalue weighted by Crippen LogP contribution is -2.38. The van der Waals surface area contributed by atoms with Gasteiger partial charge < -0.3 is 20.1 Å². The lowest BCUT2D eigenvalue weighted by molar-refractivity contribution is 0.0421. The van der Waals surface area contributed by atoms with Crippen LogP contribution in [0.5, 0.6) is 5.88 Å². The smallest absolute Gasteiger partial charge is 0.215 e. The molecule has 2 N–H and O–H groups in total. The van der Waals surface area contributed by atoms with Crippen molar-refractivity contribution in [2.24, 2.45) is 5.73 Å². The summed E-state index contributed by atoms with van der Waals surface area (Å²) in [6.45, 7) is 5.80. The van der Waals surface area contributed by atoms with E-state index in [-0.39, 0.29) is 0 Å². The monoisotopic (exact) mass is 265 g/mol. The molecule has 2 heterocycles. The molecule has 1 aliphatic heterocycles. The van der Waals surface area contributed by atoms with Crippen LogP contribution in [0.1, 0.15) is 19.8 Å². The van der Waals surface area contributed by atoms with Crippen LogP contribution in [0.15, 0.2) is 18.2 Å². The van der Waals surface area contributed by atoms with Gasteiger partial charge in [0.1, 0.15) is 5.82 Å². The molecule has 0 spiro atoms. The standard InChI is InChI=1S/C14H23N3O2/c1-2-18-14-5-3-4-13(16-14)17-9-6-12(7-10-17)19-11-8-15/h3-5,12H,2,6-11,15H2,1H3. The van der Waals surface area contributed by atoms with E-state index in [1.54, 1.807) is 0 Å². The summed E-state index contributed by atoms with van der Waals surface area (Å²) in [4.78, 5) is 6.80. The Balaban J connectivity index is 1.88. The van der Waals surface area contributed by atoms with Gasteiger partial charge >= 0.3 is 0 Å². The summed E-state index contributed by atoms with van der Waals surface area (Å²) in [6.07, 6.45) is 2.40. The zero-order valence-corrected chi connectivity index (χ0v) is 11.5. The Morgan fingerprint density at radius 1 is 1.37 bits per heavy atom. The van der Waals surface area contributed by atoms with Crippen LogP contribution in [0.3, 0.4) is 0 Å². The Morgan fingerprint density at radius 2 is 2.16 bits per heavy atom. The van der Waals surface area contributed by atoms with E-state index in [1.165, 1.54) is 0 Å². The van der Waals surface area contributed by atoms with Gasteiger partial charge in [0.05, 0.1) is 19.3 Å². The highest BCUT2D eigenvalue weighted by Crippen LogP contribution is 2.21. The molecule has 1 aromatic heterocycles. The minimum Gasteiger partial charge on any atom is -0.478 e. The van der Waals surface area contributed by atoms with Gasteiger partial charge in [0.2, 0.25) is 5.88 Å². The zero-order valence-electron chi connectivity index (χ0n) is 11.5. The summed E-state index contributed by atoms with van der Waals surface area (Å²) < 4.78 is 11.1. The molecule has 1 saturated heterocycles. The van der Waals surface area contributed by atoms with Gasteiger partial charge in [0.15, 0.2) is 0 Å². The second kappa shape index (κ2) is 7.31. The molecule has 19 heavy (non-hydrogen) atoms. The third-order valence-corrected chi connectivity index (χ3v) is 3.24. The van der Waals surface area contributed by atoms with Crippen molar-refractivity contribution >= 4 is 5.82 Å². The van der Waals surface area contributed by atoms with Crippen LogP contribution >= 0.6 is 0 Å². The summed E-state index contributed by atoms with van der Waals surface area (Å²) in [6, 6.07) is 5.91. The molecular formula is C14H23N3O2. The Hall–Kier alpha value is -1.33. The lowest BCUT2D eigenvalue weighted by Gasteiger charge is -2.32. The lowest BCUT2D eigenvalue weighted by atomic mass is 10.1.